The predicted octanol–water partition coefficient (Wildman–Crippen LogP) is 4.03. The summed E-state index contributed by atoms with van der Waals surface area (Å²) >= 11 is 0. The zero-order chi connectivity index (χ0) is 20.4. The van der Waals surface area contributed by atoms with Crippen molar-refractivity contribution < 1.29 is 17.9 Å². The average Bonchev–Trinajstić information content (AvgIpc) is 2.66. The van der Waals surface area contributed by atoms with Crippen molar-refractivity contribution in [2.24, 2.45) is 10.9 Å². The Kier molecular flexibility index (Phi) is 11.7. The maximum atomic E-state index is 12.5. The van der Waals surface area contributed by atoms with E-state index in [1.165, 1.54) is 4.90 Å². The summed E-state index contributed by atoms with van der Waals surface area (Å²) < 4.78 is 42.6. The summed E-state index contributed by atoms with van der Waals surface area (Å²) in [5.41, 5.74) is 1.06. The Hall–Kier alpha value is -1.23. The lowest BCUT2D eigenvalue weighted by atomic mass is 9.93. The Morgan fingerprint density at radius 2 is 1.97 bits per heavy atom. The first-order chi connectivity index (χ1) is 13.4. The van der Waals surface area contributed by atoms with Crippen LogP contribution in [-0.4, -0.2) is 56.9 Å². The van der Waals surface area contributed by atoms with Gasteiger partial charge < -0.3 is 15.4 Å². The minimum atomic E-state index is -4.10. The Balaban J connectivity index is 0.00000420. The third-order valence-electron chi connectivity index (χ3n) is 4.85. The van der Waals surface area contributed by atoms with Gasteiger partial charge in [0.2, 0.25) is 0 Å². The highest BCUT2D eigenvalue weighted by Gasteiger charge is 2.32. The summed E-state index contributed by atoms with van der Waals surface area (Å²) in [5, 5.41) is 6.56. The zero-order valence-electron chi connectivity index (χ0n) is 17.1. The van der Waals surface area contributed by atoms with Crippen molar-refractivity contribution >= 4 is 29.9 Å². The average molecular weight is 528 g/mol. The normalized spacial score (nSPS) is 16.2. The van der Waals surface area contributed by atoms with Crippen LogP contribution < -0.4 is 15.4 Å². The maximum Gasteiger partial charge on any atom is 0.401 e. The summed E-state index contributed by atoms with van der Waals surface area (Å²) in [7, 11) is 1.64. The molecule has 1 aromatic carbocycles. The van der Waals surface area contributed by atoms with Gasteiger partial charge in [0.25, 0.3) is 0 Å². The number of methoxy groups -OCH3 is 1. The van der Waals surface area contributed by atoms with Crippen LogP contribution in [0.4, 0.5) is 13.2 Å². The van der Waals surface area contributed by atoms with Gasteiger partial charge in [0.15, 0.2) is 5.96 Å². The quantitative estimate of drug-likeness (QED) is 0.304. The van der Waals surface area contributed by atoms with E-state index in [0.29, 0.717) is 25.6 Å². The fraction of sp³-hybridized carbons (Fsp3) is 0.650. The fourth-order valence-electron chi connectivity index (χ4n) is 3.36. The van der Waals surface area contributed by atoms with E-state index >= 15 is 0 Å². The highest BCUT2D eigenvalue weighted by Crippen LogP contribution is 2.24. The third kappa shape index (κ3) is 10.4. The number of benzene rings is 1. The summed E-state index contributed by atoms with van der Waals surface area (Å²) in [6, 6.07) is 7.80. The maximum absolute atomic E-state index is 12.5. The van der Waals surface area contributed by atoms with Crippen LogP contribution in [0.15, 0.2) is 29.3 Å². The molecule has 0 amide bonds. The largest absolute Gasteiger partial charge is 0.497 e. The van der Waals surface area contributed by atoms with Gasteiger partial charge in [-0.05, 0) is 62.9 Å². The number of ether oxygens (including phenoxy) is 1. The van der Waals surface area contributed by atoms with Gasteiger partial charge in [0.05, 0.1) is 20.2 Å². The number of nitrogens with zero attached hydrogens (tertiary/aromatic N) is 2. The van der Waals surface area contributed by atoms with E-state index in [1.54, 1.807) is 7.11 Å². The standard InChI is InChI=1S/C20H31F3N4O.HI/c1-3-24-19(26-14-17-5-4-6-18(13-17)28-2)25-10-7-16-8-11-27(12-9-16)15-20(21,22)23;/h4-6,13,16H,3,7-12,14-15H2,1-2H3,(H2,24,25,26);1H. The fourth-order valence-corrected chi connectivity index (χ4v) is 3.36. The number of piperidine rings is 1. The summed E-state index contributed by atoms with van der Waals surface area (Å²) in [6.45, 7) is 4.33. The molecule has 0 aromatic heterocycles. The van der Waals surface area contributed by atoms with Crippen LogP contribution in [0.5, 0.6) is 5.75 Å². The van der Waals surface area contributed by atoms with Gasteiger partial charge in [-0.3, -0.25) is 4.90 Å². The van der Waals surface area contributed by atoms with Crippen LogP contribution >= 0.6 is 24.0 Å². The van der Waals surface area contributed by atoms with E-state index in [0.717, 1.165) is 49.6 Å². The Labute approximate surface area is 188 Å². The molecule has 1 aromatic rings. The summed E-state index contributed by atoms with van der Waals surface area (Å²) in [6.07, 6.45) is -1.54. The molecular formula is C20H32F3IN4O. The smallest absolute Gasteiger partial charge is 0.401 e. The molecule has 9 heteroatoms. The van der Waals surface area contributed by atoms with Crippen molar-refractivity contribution in [1.29, 1.82) is 0 Å². The molecule has 0 saturated carbocycles. The lowest BCUT2D eigenvalue weighted by Gasteiger charge is -2.32. The molecule has 0 atom stereocenters. The number of rotatable bonds is 8. The molecule has 0 radical (unpaired) electrons. The van der Waals surface area contributed by atoms with Gasteiger partial charge in [-0.2, -0.15) is 13.2 Å². The van der Waals surface area contributed by atoms with E-state index in [2.05, 4.69) is 15.6 Å². The number of guanidine groups is 1. The Bertz CT molecular complexity index is 620. The Morgan fingerprint density at radius 1 is 1.24 bits per heavy atom. The first-order valence-corrected chi connectivity index (χ1v) is 9.84. The van der Waals surface area contributed by atoms with Crippen molar-refractivity contribution in [3.63, 3.8) is 0 Å². The summed E-state index contributed by atoms with van der Waals surface area (Å²) in [5.74, 6) is 2.01. The van der Waals surface area contributed by atoms with Crippen molar-refractivity contribution in [2.75, 3.05) is 39.8 Å². The molecule has 166 valence electrons. The van der Waals surface area contributed by atoms with Crippen LogP contribution in [0.25, 0.3) is 0 Å². The first kappa shape index (κ1) is 25.8. The third-order valence-corrected chi connectivity index (χ3v) is 4.85. The van der Waals surface area contributed by atoms with Gasteiger partial charge in [0.1, 0.15) is 5.75 Å². The lowest BCUT2D eigenvalue weighted by Crippen LogP contribution is -2.41. The molecule has 0 bridgehead atoms. The number of hydrogen-bond donors (Lipinski definition) is 2. The van der Waals surface area contributed by atoms with Gasteiger partial charge >= 0.3 is 6.18 Å². The number of halogens is 4. The van der Waals surface area contributed by atoms with E-state index in [-0.39, 0.29) is 24.0 Å². The van der Waals surface area contributed by atoms with Crippen molar-refractivity contribution in [3.05, 3.63) is 29.8 Å². The molecule has 0 unspecified atom stereocenters. The van der Waals surface area contributed by atoms with Crippen LogP contribution in [0.2, 0.25) is 0 Å². The molecule has 29 heavy (non-hydrogen) atoms. The summed E-state index contributed by atoms with van der Waals surface area (Å²) in [4.78, 5) is 6.10. The second kappa shape index (κ2) is 13.1. The number of aliphatic imine (C=N–C) groups is 1. The lowest BCUT2D eigenvalue weighted by molar-refractivity contribution is -0.148. The van der Waals surface area contributed by atoms with E-state index in [9.17, 15) is 13.2 Å². The molecular weight excluding hydrogens is 496 g/mol. The molecule has 1 fully saturated rings. The van der Waals surface area contributed by atoms with E-state index in [1.807, 2.05) is 31.2 Å². The number of hydrogen-bond acceptors (Lipinski definition) is 3. The van der Waals surface area contributed by atoms with Crippen LogP contribution in [-0.2, 0) is 6.54 Å². The molecule has 1 aliphatic rings. The van der Waals surface area contributed by atoms with Crippen molar-refractivity contribution in [2.45, 2.75) is 38.9 Å². The molecule has 1 saturated heterocycles. The molecule has 2 N–H and O–H groups in total. The highest BCUT2D eigenvalue weighted by atomic mass is 127. The van der Waals surface area contributed by atoms with Gasteiger partial charge in [-0.25, -0.2) is 4.99 Å². The molecule has 5 nitrogen and oxygen atoms in total. The van der Waals surface area contributed by atoms with Crippen LogP contribution in [0.1, 0.15) is 31.7 Å². The molecule has 1 aliphatic heterocycles. The minimum absolute atomic E-state index is 0. The SMILES string of the molecule is CCNC(=NCc1cccc(OC)c1)NCCC1CCN(CC(F)(F)F)CC1.I. The van der Waals surface area contributed by atoms with Gasteiger partial charge in [0, 0.05) is 13.1 Å². The van der Waals surface area contributed by atoms with Gasteiger partial charge in [-0.15, -0.1) is 24.0 Å². The van der Waals surface area contributed by atoms with Crippen molar-refractivity contribution in [1.82, 2.24) is 15.5 Å². The number of alkyl halides is 3. The molecule has 0 aliphatic carbocycles. The number of nitrogens with one attached hydrogen (secondary N) is 2. The minimum Gasteiger partial charge on any atom is -0.497 e. The van der Waals surface area contributed by atoms with Gasteiger partial charge in [-0.1, -0.05) is 12.1 Å². The van der Waals surface area contributed by atoms with E-state index < -0.39 is 12.7 Å². The van der Waals surface area contributed by atoms with Crippen LogP contribution in [0, 0.1) is 5.92 Å². The number of likely N-dealkylation sites (tertiary alicyclic amines) is 1. The topological polar surface area (TPSA) is 48.9 Å². The first-order valence-electron chi connectivity index (χ1n) is 9.84. The zero-order valence-corrected chi connectivity index (χ0v) is 19.4. The molecule has 0 spiro atoms. The second-order valence-electron chi connectivity index (χ2n) is 7.10. The predicted molar refractivity (Wildman–Crippen MR) is 121 cm³/mol. The Morgan fingerprint density at radius 3 is 2.59 bits per heavy atom. The van der Waals surface area contributed by atoms with Crippen molar-refractivity contribution in [3.8, 4) is 5.75 Å². The molecule has 1 heterocycles. The second-order valence-corrected chi connectivity index (χ2v) is 7.10. The van der Waals surface area contributed by atoms with E-state index in [4.69, 9.17) is 4.74 Å². The highest BCUT2D eigenvalue weighted by molar-refractivity contribution is 14.0. The molecule has 2 rings (SSSR count). The van der Waals surface area contributed by atoms with Crippen LogP contribution in [0.3, 0.4) is 0 Å². The monoisotopic (exact) mass is 528 g/mol.